The van der Waals surface area contributed by atoms with Crippen molar-refractivity contribution in [2.45, 2.75) is 71.0 Å². The van der Waals surface area contributed by atoms with Gasteiger partial charge in [0.15, 0.2) is 0 Å². The molecule has 0 bridgehead atoms. The first kappa shape index (κ1) is 18.6. The van der Waals surface area contributed by atoms with Gasteiger partial charge in [0.05, 0.1) is 18.8 Å². The second-order valence-electron chi connectivity index (χ2n) is 6.27. The van der Waals surface area contributed by atoms with Crippen LogP contribution in [0.1, 0.15) is 41.5 Å². The van der Waals surface area contributed by atoms with Crippen LogP contribution in [0.2, 0.25) is 0 Å². The SMILES string of the molecule is [B][C@@H]1O[C@](C)(COC(C)C)C(OP([O-])(=S)C(C)C)[C@@H]1C. The van der Waals surface area contributed by atoms with E-state index in [0.29, 0.717) is 6.61 Å². The zero-order valence-electron chi connectivity index (χ0n) is 13.2. The third-order valence-electron chi connectivity index (χ3n) is 3.60. The van der Waals surface area contributed by atoms with E-state index in [1.807, 2.05) is 27.7 Å². The Labute approximate surface area is 129 Å². The van der Waals surface area contributed by atoms with Crippen molar-refractivity contribution in [3.63, 3.8) is 0 Å². The van der Waals surface area contributed by atoms with E-state index in [4.69, 9.17) is 33.7 Å². The molecular weight excluding hydrogens is 294 g/mol. The summed E-state index contributed by atoms with van der Waals surface area (Å²) >= 11 is 5.13. The van der Waals surface area contributed by atoms with Crippen LogP contribution < -0.4 is 4.89 Å². The quantitative estimate of drug-likeness (QED) is 0.552. The van der Waals surface area contributed by atoms with Gasteiger partial charge in [-0.05, 0) is 32.9 Å². The fourth-order valence-corrected chi connectivity index (χ4v) is 3.40. The van der Waals surface area contributed by atoms with Crippen molar-refractivity contribution in [1.82, 2.24) is 0 Å². The summed E-state index contributed by atoms with van der Waals surface area (Å²) in [6.07, 6.45) is -0.356. The van der Waals surface area contributed by atoms with E-state index in [-0.39, 0.29) is 17.7 Å². The van der Waals surface area contributed by atoms with Crippen molar-refractivity contribution in [3.05, 3.63) is 0 Å². The fraction of sp³-hybridized carbons (Fsp3) is 1.00. The van der Waals surface area contributed by atoms with Gasteiger partial charge in [-0.25, -0.2) is 0 Å². The summed E-state index contributed by atoms with van der Waals surface area (Å²) in [5.41, 5.74) is -0.941. The van der Waals surface area contributed by atoms with Crippen molar-refractivity contribution in [2.75, 3.05) is 6.61 Å². The first-order chi connectivity index (χ1) is 8.99. The lowest BCUT2D eigenvalue weighted by Gasteiger charge is -2.41. The van der Waals surface area contributed by atoms with Crippen LogP contribution in [0.15, 0.2) is 0 Å². The Morgan fingerprint density at radius 2 is 1.95 bits per heavy atom. The minimum atomic E-state index is -3.11. The predicted octanol–water partition coefficient (Wildman–Crippen LogP) is 1.79. The van der Waals surface area contributed by atoms with Gasteiger partial charge in [0, 0.05) is 11.9 Å². The highest BCUT2D eigenvalue weighted by molar-refractivity contribution is 8.09. The van der Waals surface area contributed by atoms with E-state index in [1.165, 1.54) is 0 Å². The van der Waals surface area contributed by atoms with E-state index >= 15 is 0 Å². The molecular formula is C13H25BO4PS-. The Balaban J connectivity index is 2.90. The van der Waals surface area contributed by atoms with Gasteiger partial charge in [-0.3, -0.25) is 0 Å². The van der Waals surface area contributed by atoms with Gasteiger partial charge in [-0.15, -0.1) is 0 Å². The summed E-state index contributed by atoms with van der Waals surface area (Å²) in [4.78, 5) is 12.4. The van der Waals surface area contributed by atoms with Crippen LogP contribution in [0, 0.1) is 5.92 Å². The summed E-state index contributed by atoms with van der Waals surface area (Å²) in [6, 6.07) is -0.470. The van der Waals surface area contributed by atoms with Gasteiger partial charge in [0.1, 0.15) is 13.4 Å². The molecule has 20 heavy (non-hydrogen) atoms. The number of hydrogen-bond acceptors (Lipinski definition) is 5. The van der Waals surface area contributed by atoms with Gasteiger partial charge < -0.3 is 18.9 Å². The largest absolute Gasteiger partial charge is 0.800 e. The molecule has 1 aliphatic heterocycles. The van der Waals surface area contributed by atoms with E-state index in [0.717, 1.165) is 0 Å². The van der Waals surface area contributed by atoms with Crippen LogP contribution in [0.25, 0.3) is 0 Å². The second kappa shape index (κ2) is 6.76. The maximum Gasteiger partial charge on any atom is 0.115 e. The molecule has 7 heteroatoms. The molecule has 2 unspecified atom stereocenters. The summed E-state index contributed by atoms with van der Waals surface area (Å²) < 4.78 is 17.2. The highest BCUT2D eigenvalue weighted by Gasteiger charge is 2.50. The van der Waals surface area contributed by atoms with Crippen LogP contribution in [-0.2, 0) is 25.8 Å². The van der Waals surface area contributed by atoms with E-state index in [9.17, 15) is 4.89 Å². The molecule has 1 rings (SSSR count). The fourth-order valence-electron chi connectivity index (χ4n) is 2.15. The molecule has 2 radical (unpaired) electrons. The average molecular weight is 319 g/mol. The maximum atomic E-state index is 12.4. The molecule has 0 aromatic rings. The van der Waals surface area contributed by atoms with E-state index in [2.05, 4.69) is 0 Å². The lowest BCUT2D eigenvalue weighted by atomic mass is 9.84. The monoisotopic (exact) mass is 319 g/mol. The lowest BCUT2D eigenvalue weighted by Crippen LogP contribution is -2.45. The Morgan fingerprint density at radius 1 is 1.40 bits per heavy atom. The zero-order chi connectivity index (χ0) is 15.7. The first-order valence-corrected chi connectivity index (χ1v) is 9.74. The third kappa shape index (κ3) is 4.28. The normalized spacial score (nSPS) is 37.5. The highest BCUT2D eigenvalue weighted by atomic mass is 32.5. The minimum Gasteiger partial charge on any atom is -0.800 e. The molecule has 0 saturated carbocycles. The third-order valence-corrected chi connectivity index (χ3v) is 6.91. The van der Waals surface area contributed by atoms with Gasteiger partial charge in [-0.1, -0.05) is 32.6 Å². The van der Waals surface area contributed by atoms with E-state index < -0.39 is 24.2 Å². The topological polar surface area (TPSA) is 50.8 Å². The van der Waals surface area contributed by atoms with Crippen molar-refractivity contribution in [3.8, 4) is 0 Å². The summed E-state index contributed by atoms with van der Waals surface area (Å²) in [7, 11) is 5.96. The van der Waals surface area contributed by atoms with E-state index in [1.54, 1.807) is 13.8 Å². The lowest BCUT2D eigenvalue weighted by molar-refractivity contribution is -0.196. The minimum absolute atomic E-state index is 0.0728. The summed E-state index contributed by atoms with van der Waals surface area (Å²) in [5.74, 6) is -0.0919. The zero-order valence-corrected chi connectivity index (χ0v) is 14.9. The Bertz CT molecular complexity index is 379. The van der Waals surface area contributed by atoms with Gasteiger partial charge in [-0.2, -0.15) is 0 Å². The molecule has 5 atom stereocenters. The average Bonchev–Trinajstić information content (AvgIpc) is 2.51. The molecule has 0 aromatic heterocycles. The molecule has 116 valence electrons. The maximum absolute atomic E-state index is 12.4. The van der Waals surface area contributed by atoms with Crippen LogP contribution in [0.5, 0.6) is 0 Å². The second-order valence-corrected chi connectivity index (χ2v) is 10.1. The molecule has 0 spiro atoms. The van der Waals surface area contributed by atoms with Gasteiger partial charge in [0.2, 0.25) is 0 Å². The molecule has 1 aliphatic rings. The molecule has 0 aromatic carbocycles. The Morgan fingerprint density at radius 3 is 2.40 bits per heavy atom. The smallest absolute Gasteiger partial charge is 0.115 e. The van der Waals surface area contributed by atoms with Crippen LogP contribution in [-0.4, -0.2) is 43.9 Å². The predicted molar refractivity (Wildman–Crippen MR) is 83.6 cm³/mol. The number of hydrogen-bond donors (Lipinski definition) is 0. The van der Waals surface area contributed by atoms with Crippen molar-refractivity contribution in [2.24, 2.45) is 5.92 Å². The molecule has 1 fully saturated rings. The Hall–Kier alpha value is 0.555. The molecule has 1 heterocycles. The van der Waals surface area contributed by atoms with Crippen molar-refractivity contribution >= 4 is 26.1 Å². The molecule has 4 nitrogen and oxygen atoms in total. The molecule has 0 aliphatic carbocycles. The van der Waals surface area contributed by atoms with Gasteiger partial charge >= 0.3 is 0 Å². The van der Waals surface area contributed by atoms with Crippen LogP contribution in [0.3, 0.4) is 0 Å². The standard InChI is InChI=1S/C13H26BO4PS/c1-8(2)16-7-13(6)11(10(5)12(14)17-13)18-19(15,20)9(3)4/h8-12H,7H2,1-6H3,(H,15,20)/p-1/t10-,11?,12+,13+,19?/m0/s1. The summed E-state index contributed by atoms with van der Waals surface area (Å²) in [5, 5.41) is 0. The highest BCUT2D eigenvalue weighted by Crippen LogP contribution is 2.50. The molecule has 0 amide bonds. The number of rotatable bonds is 6. The van der Waals surface area contributed by atoms with Crippen molar-refractivity contribution in [1.29, 1.82) is 0 Å². The van der Waals surface area contributed by atoms with Crippen LogP contribution in [0.4, 0.5) is 0 Å². The molecule has 1 saturated heterocycles. The van der Waals surface area contributed by atoms with Gasteiger partial charge in [0.25, 0.3) is 0 Å². The van der Waals surface area contributed by atoms with Crippen molar-refractivity contribution < 1.29 is 18.9 Å². The number of ether oxygens (including phenoxy) is 2. The Kier molecular flexibility index (Phi) is 6.29. The molecule has 0 N–H and O–H groups in total. The summed E-state index contributed by atoms with van der Waals surface area (Å²) in [6.45, 7) is 8.52. The first-order valence-electron chi connectivity index (χ1n) is 7.03. The van der Waals surface area contributed by atoms with Crippen LogP contribution >= 0.6 is 6.49 Å².